The predicted molar refractivity (Wildman–Crippen MR) is 80.6 cm³/mol. The number of carboxylic acids is 1. The van der Waals surface area contributed by atoms with Crippen molar-refractivity contribution in [1.29, 1.82) is 0 Å². The van der Waals surface area contributed by atoms with E-state index >= 15 is 0 Å². The second kappa shape index (κ2) is 7.66. The van der Waals surface area contributed by atoms with E-state index in [-0.39, 0.29) is 11.3 Å². The van der Waals surface area contributed by atoms with E-state index in [1.807, 2.05) is 13.2 Å². The van der Waals surface area contributed by atoms with E-state index in [0.29, 0.717) is 5.75 Å². The van der Waals surface area contributed by atoms with Gasteiger partial charge in [0.25, 0.3) is 0 Å². The van der Waals surface area contributed by atoms with Crippen molar-refractivity contribution in [3.8, 4) is 0 Å². The first-order valence-corrected chi connectivity index (χ1v) is 9.11. The molecule has 0 bridgehead atoms. The van der Waals surface area contributed by atoms with Crippen LogP contribution in [-0.4, -0.2) is 37.5 Å². The van der Waals surface area contributed by atoms with Crippen LogP contribution in [0.3, 0.4) is 0 Å². The average Bonchev–Trinajstić information content (AvgIpc) is 2.43. The van der Waals surface area contributed by atoms with Crippen LogP contribution in [0.2, 0.25) is 0 Å². The number of benzene rings is 1. The fraction of sp³-hybridized carbons (Fsp3) is 0.462. The van der Waals surface area contributed by atoms with E-state index < -0.39 is 22.0 Å². The van der Waals surface area contributed by atoms with Crippen LogP contribution in [0, 0.1) is 0 Å². The Hall–Kier alpha value is -1.05. The summed E-state index contributed by atoms with van der Waals surface area (Å²) >= 11 is 1.48. The fourth-order valence-electron chi connectivity index (χ4n) is 1.63. The molecule has 0 fully saturated rings. The fourth-order valence-corrected chi connectivity index (χ4v) is 3.32. The summed E-state index contributed by atoms with van der Waals surface area (Å²) in [7, 11) is -3.80. The first kappa shape index (κ1) is 17.0. The highest BCUT2D eigenvalue weighted by Gasteiger charge is 2.24. The summed E-state index contributed by atoms with van der Waals surface area (Å²) in [5, 5.41) is 9.06. The number of carboxylic acid groups (broad SMARTS) is 1. The Labute approximate surface area is 123 Å². The van der Waals surface area contributed by atoms with Crippen LogP contribution in [0.15, 0.2) is 29.2 Å². The second-order valence-corrected chi connectivity index (χ2v) is 6.99. The van der Waals surface area contributed by atoms with Gasteiger partial charge in [0.05, 0.1) is 4.90 Å². The molecule has 0 radical (unpaired) electrons. The van der Waals surface area contributed by atoms with Crippen molar-refractivity contribution in [1.82, 2.24) is 4.72 Å². The molecule has 0 aliphatic carbocycles. The highest BCUT2D eigenvalue weighted by molar-refractivity contribution is 7.98. The molecule has 0 saturated heterocycles. The van der Waals surface area contributed by atoms with Crippen LogP contribution >= 0.6 is 11.8 Å². The molecule has 1 aromatic rings. The molecule has 2 N–H and O–H groups in total. The summed E-state index contributed by atoms with van der Waals surface area (Å²) in [4.78, 5) is 11.2. The first-order chi connectivity index (χ1) is 9.40. The van der Waals surface area contributed by atoms with Gasteiger partial charge in [0.2, 0.25) is 10.0 Å². The van der Waals surface area contributed by atoms with Crippen LogP contribution in [0.4, 0.5) is 0 Å². The Kier molecular flexibility index (Phi) is 6.51. The molecule has 1 unspecified atom stereocenters. The normalized spacial score (nSPS) is 13.1. The number of sulfonamides is 1. The van der Waals surface area contributed by atoms with Crippen LogP contribution < -0.4 is 4.72 Å². The van der Waals surface area contributed by atoms with Crippen molar-refractivity contribution < 1.29 is 18.3 Å². The molecule has 0 saturated carbocycles. The van der Waals surface area contributed by atoms with Gasteiger partial charge in [0.1, 0.15) is 6.04 Å². The van der Waals surface area contributed by atoms with Gasteiger partial charge in [-0.2, -0.15) is 16.5 Å². The largest absolute Gasteiger partial charge is 0.480 e. The number of aliphatic carboxylic acids is 1. The minimum Gasteiger partial charge on any atom is -0.480 e. The maximum atomic E-state index is 12.1. The van der Waals surface area contributed by atoms with Crippen molar-refractivity contribution in [3.63, 3.8) is 0 Å². The van der Waals surface area contributed by atoms with Crippen LogP contribution in [-0.2, 0) is 21.2 Å². The van der Waals surface area contributed by atoms with Crippen molar-refractivity contribution in [3.05, 3.63) is 29.8 Å². The van der Waals surface area contributed by atoms with Crippen molar-refractivity contribution in [2.45, 2.75) is 30.7 Å². The lowest BCUT2D eigenvalue weighted by atomic mass is 10.2. The lowest BCUT2D eigenvalue weighted by Gasteiger charge is -2.14. The standard InChI is InChI=1S/C13H19NO4S2/c1-3-10-4-6-11(7-5-10)20(17,18)14-12(13(15)16)8-9-19-2/h4-7,12,14H,3,8-9H2,1-2H3,(H,15,16). The van der Waals surface area contributed by atoms with Gasteiger partial charge in [-0.3, -0.25) is 4.79 Å². The molecule has 112 valence electrons. The number of thioether (sulfide) groups is 1. The number of rotatable bonds is 8. The minimum absolute atomic E-state index is 0.0881. The number of nitrogens with one attached hydrogen (secondary N) is 1. The van der Waals surface area contributed by atoms with E-state index in [9.17, 15) is 13.2 Å². The third kappa shape index (κ3) is 4.81. The molecule has 0 amide bonds. The van der Waals surface area contributed by atoms with E-state index in [1.165, 1.54) is 23.9 Å². The second-order valence-electron chi connectivity index (χ2n) is 4.29. The number of hydrogen-bond donors (Lipinski definition) is 2. The van der Waals surface area contributed by atoms with Gasteiger partial charge in [-0.25, -0.2) is 8.42 Å². The summed E-state index contributed by atoms with van der Waals surface area (Å²) in [5.41, 5.74) is 1.03. The summed E-state index contributed by atoms with van der Waals surface area (Å²) in [5.74, 6) is -0.582. The third-order valence-corrected chi connectivity index (χ3v) is 4.98. The Balaban J connectivity index is 2.88. The zero-order valence-electron chi connectivity index (χ0n) is 11.5. The molecule has 5 nitrogen and oxygen atoms in total. The van der Waals surface area contributed by atoms with E-state index in [2.05, 4.69) is 4.72 Å². The highest BCUT2D eigenvalue weighted by atomic mass is 32.2. The average molecular weight is 317 g/mol. The minimum atomic E-state index is -3.80. The van der Waals surface area contributed by atoms with Crippen LogP contribution in [0.1, 0.15) is 18.9 Å². The number of hydrogen-bond acceptors (Lipinski definition) is 4. The summed E-state index contributed by atoms with van der Waals surface area (Å²) in [6.07, 6.45) is 2.92. The van der Waals surface area contributed by atoms with E-state index in [1.54, 1.807) is 12.1 Å². The van der Waals surface area contributed by atoms with Crippen molar-refractivity contribution in [2.75, 3.05) is 12.0 Å². The Morgan fingerprint density at radius 2 is 1.95 bits per heavy atom. The van der Waals surface area contributed by atoms with Gasteiger partial charge in [0, 0.05) is 0 Å². The molecule has 1 rings (SSSR count). The first-order valence-electron chi connectivity index (χ1n) is 6.23. The molecule has 0 aliphatic heterocycles. The maximum absolute atomic E-state index is 12.1. The van der Waals surface area contributed by atoms with Gasteiger partial charge in [-0.15, -0.1) is 0 Å². The zero-order valence-corrected chi connectivity index (χ0v) is 13.1. The SMILES string of the molecule is CCc1ccc(S(=O)(=O)NC(CCSC)C(=O)O)cc1. The summed E-state index contributed by atoms with van der Waals surface area (Å²) in [6, 6.07) is 5.35. The Bertz CT molecular complexity index is 540. The lowest BCUT2D eigenvalue weighted by molar-refractivity contribution is -0.139. The van der Waals surface area contributed by atoms with E-state index in [0.717, 1.165) is 12.0 Å². The quantitative estimate of drug-likeness (QED) is 0.763. The zero-order chi connectivity index (χ0) is 15.2. The molecule has 0 aromatic heterocycles. The van der Waals surface area contributed by atoms with Gasteiger partial charge < -0.3 is 5.11 Å². The molecule has 1 atom stereocenters. The monoisotopic (exact) mass is 317 g/mol. The van der Waals surface area contributed by atoms with E-state index in [4.69, 9.17) is 5.11 Å². The molecule has 20 heavy (non-hydrogen) atoms. The van der Waals surface area contributed by atoms with Gasteiger partial charge in [-0.05, 0) is 42.5 Å². The van der Waals surface area contributed by atoms with Gasteiger partial charge in [-0.1, -0.05) is 19.1 Å². The molecule has 1 aromatic carbocycles. The number of aryl methyl sites for hydroxylation is 1. The van der Waals surface area contributed by atoms with Crippen LogP contribution in [0.25, 0.3) is 0 Å². The van der Waals surface area contributed by atoms with Gasteiger partial charge >= 0.3 is 5.97 Å². The Morgan fingerprint density at radius 3 is 2.40 bits per heavy atom. The molecule has 0 spiro atoms. The smallest absolute Gasteiger partial charge is 0.321 e. The third-order valence-electron chi connectivity index (χ3n) is 2.85. The van der Waals surface area contributed by atoms with Crippen molar-refractivity contribution >= 4 is 27.8 Å². The topological polar surface area (TPSA) is 83.5 Å². The molecule has 0 heterocycles. The highest BCUT2D eigenvalue weighted by Crippen LogP contribution is 2.13. The predicted octanol–water partition coefficient (Wildman–Crippen LogP) is 1.73. The summed E-state index contributed by atoms with van der Waals surface area (Å²) in [6.45, 7) is 1.98. The van der Waals surface area contributed by atoms with Gasteiger partial charge in [0.15, 0.2) is 0 Å². The number of carbonyl (C=O) groups is 1. The molecule has 7 heteroatoms. The molecule has 0 aliphatic rings. The molecular formula is C13H19NO4S2. The Morgan fingerprint density at radius 1 is 1.35 bits per heavy atom. The summed E-state index contributed by atoms with van der Waals surface area (Å²) < 4.78 is 26.5. The van der Waals surface area contributed by atoms with Crippen LogP contribution in [0.5, 0.6) is 0 Å². The van der Waals surface area contributed by atoms with Crippen molar-refractivity contribution in [2.24, 2.45) is 0 Å². The maximum Gasteiger partial charge on any atom is 0.321 e. The lowest BCUT2D eigenvalue weighted by Crippen LogP contribution is -2.41. The molecular weight excluding hydrogens is 298 g/mol.